The third-order valence-corrected chi connectivity index (χ3v) is 4.07. The van der Waals surface area contributed by atoms with Gasteiger partial charge in [-0.05, 0) is 37.6 Å². The van der Waals surface area contributed by atoms with Gasteiger partial charge in [0.2, 0.25) is 0 Å². The Balaban J connectivity index is 2.01. The molecule has 21 heavy (non-hydrogen) atoms. The quantitative estimate of drug-likeness (QED) is 0.927. The van der Waals surface area contributed by atoms with E-state index in [0.717, 1.165) is 6.42 Å². The van der Waals surface area contributed by atoms with Crippen molar-refractivity contribution in [3.63, 3.8) is 0 Å². The van der Waals surface area contributed by atoms with Crippen molar-refractivity contribution in [1.29, 1.82) is 0 Å². The Bertz CT molecular complexity index is 518. The molecule has 1 atom stereocenters. The van der Waals surface area contributed by atoms with Gasteiger partial charge in [0.05, 0.1) is 0 Å². The lowest BCUT2D eigenvalue weighted by Crippen LogP contribution is -2.42. The molecule has 1 aliphatic rings. The molecule has 1 saturated heterocycles. The van der Waals surface area contributed by atoms with Crippen molar-refractivity contribution in [1.82, 2.24) is 9.80 Å². The zero-order valence-corrected chi connectivity index (χ0v) is 12.7. The molecule has 1 heterocycles. The molecule has 1 amide bonds. The van der Waals surface area contributed by atoms with Crippen molar-refractivity contribution in [2.24, 2.45) is 0 Å². The first-order valence-electron chi connectivity index (χ1n) is 7.00. The Morgan fingerprint density at radius 1 is 1.14 bits per heavy atom. The lowest BCUT2D eigenvalue weighted by molar-refractivity contribution is -0.142. The van der Waals surface area contributed by atoms with Crippen LogP contribution in [0.2, 0.25) is 5.02 Å². The minimum Gasteiger partial charge on any atom is -0.480 e. The molecule has 2 rings (SSSR count). The van der Waals surface area contributed by atoms with E-state index < -0.39 is 12.0 Å². The molecule has 1 N–H and O–H groups in total. The largest absolute Gasteiger partial charge is 0.480 e. The number of hydrogen-bond donors (Lipinski definition) is 1. The number of carbonyl (C=O) groups excluding carboxylic acids is 1. The van der Waals surface area contributed by atoms with Crippen LogP contribution in [0.4, 0.5) is 0 Å². The zero-order chi connectivity index (χ0) is 15.4. The van der Waals surface area contributed by atoms with Crippen LogP contribution < -0.4 is 0 Å². The van der Waals surface area contributed by atoms with E-state index in [9.17, 15) is 9.59 Å². The third kappa shape index (κ3) is 3.95. The van der Waals surface area contributed by atoms with Gasteiger partial charge in [-0.1, -0.05) is 11.6 Å². The number of carboxylic acids is 1. The van der Waals surface area contributed by atoms with Crippen molar-refractivity contribution in [2.45, 2.75) is 19.4 Å². The van der Waals surface area contributed by atoms with Crippen molar-refractivity contribution in [3.8, 4) is 0 Å². The van der Waals surface area contributed by atoms with E-state index in [1.807, 2.05) is 4.90 Å². The van der Waals surface area contributed by atoms with E-state index >= 15 is 0 Å². The average Bonchev–Trinajstić information content (AvgIpc) is 2.72. The van der Waals surface area contributed by atoms with Crippen LogP contribution in [0.25, 0.3) is 0 Å². The van der Waals surface area contributed by atoms with Gasteiger partial charge in [-0.15, -0.1) is 0 Å². The normalized spacial score (nSPS) is 18.1. The van der Waals surface area contributed by atoms with Crippen LogP contribution in [-0.2, 0) is 4.79 Å². The molecular formula is C15H19ClN2O3. The van der Waals surface area contributed by atoms with Crippen LogP contribution in [0.1, 0.15) is 23.7 Å². The molecule has 5 nitrogen and oxygen atoms in total. The maximum absolute atomic E-state index is 12.4. The van der Waals surface area contributed by atoms with Gasteiger partial charge >= 0.3 is 5.97 Å². The molecule has 0 unspecified atom stereocenters. The molecule has 0 saturated carbocycles. The maximum atomic E-state index is 12.4. The molecule has 114 valence electrons. The highest BCUT2D eigenvalue weighted by molar-refractivity contribution is 6.30. The predicted octanol–water partition coefficient (Wildman–Crippen LogP) is 1.96. The number of amides is 1. The summed E-state index contributed by atoms with van der Waals surface area (Å²) < 4.78 is 0. The van der Waals surface area contributed by atoms with Crippen molar-refractivity contribution < 1.29 is 14.7 Å². The maximum Gasteiger partial charge on any atom is 0.320 e. The lowest BCUT2D eigenvalue weighted by Gasteiger charge is -2.24. The van der Waals surface area contributed by atoms with Gasteiger partial charge in [0.1, 0.15) is 6.04 Å². The minimum atomic E-state index is -0.826. The Kier molecular flexibility index (Phi) is 5.20. The zero-order valence-electron chi connectivity index (χ0n) is 12.0. The van der Waals surface area contributed by atoms with Crippen molar-refractivity contribution >= 4 is 23.5 Å². The van der Waals surface area contributed by atoms with Crippen LogP contribution in [0.5, 0.6) is 0 Å². The molecule has 1 aromatic rings. The monoisotopic (exact) mass is 310 g/mol. The van der Waals surface area contributed by atoms with Crippen LogP contribution >= 0.6 is 11.6 Å². The second-order valence-corrected chi connectivity index (χ2v) is 5.64. The van der Waals surface area contributed by atoms with E-state index in [1.165, 1.54) is 0 Å². The summed E-state index contributed by atoms with van der Waals surface area (Å²) in [6, 6.07) is 6.31. The number of nitrogens with zero attached hydrogens (tertiary/aromatic N) is 2. The Hall–Kier alpha value is -1.59. The molecule has 1 fully saturated rings. The first-order chi connectivity index (χ1) is 9.99. The van der Waals surface area contributed by atoms with E-state index in [-0.39, 0.29) is 5.91 Å². The summed E-state index contributed by atoms with van der Waals surface area (Å²) in [6.45, 7) is 4.13. The fourth-order valence-electron chi connectivity index (χ4n) is 2.46. The average molecular weight is 311 g/mol. The number of hydrogen-bond acceptors (Lipinski definition) is 3. The fourth-order valence-corrected chi connectivity index (χ4v) is 2.59. The van der Waals surface area contributed by atoms with E-state index in [0.29, 0.717) is 36.8 Å². The SMILES string of the molecule is C[C@H](C(=O)O)N1CCCN(C(=O)c2ccc(Cl)cc2)CC1. The Morgan fingerprint density at radius 2 is 1.81 bits per heavy atom. The number of rotatable bonds is 3. The standard InChI is InChI=1S/C15H19ClN2O3/c1-11(15(20)21)17-7-2-8-18(10-9-17)14(19)12-3-5-13(16)6-4-12/h3-6,11H,2,7-10H2,1H3,(H,20,21)/t11-/m1/s1. The highest BCUT2D eigenvalue weighted by atomic mass is 35.5. The van der Waals surface area contributed by atoms with Crippen LogP contribution in [0, 0.1) is 0 Å². The van der Waals surface area contributed by atoms with Gasteiger partial charge in [-0.25, -0.2) is 0 Å². The highest BCUT2D eigenvalue weighted by Gasteiger charge is 2.25. The minimum absolute atomic E-state index is 0.0310. The number of carboxylic acid groups (broad SMARTS) is 1. The summed E-state index contributed by atoms with van der Waals surface area (Å²) in [5.74, 6) is -0.857. The molecule has 0 aliphatic carbocycles. The van der Waals surface area contributed by atoms with Crippen LogP contribution in [0.3, 0.4) is 0 Å². The molecule has 6 heteroatoms. The molecule has 0 bridgehead atoms. The third-order valence-electron chi connectivity index (χ3n) is 3.81. The fraction of sp³-hybridized carbons (Fsp3) is 0.467. The van der Waals surface area contributed by atoms with Crippen molar-refractivity contribution in [3.05, 3.63) is 34.9 Å². The summed E-state index contributed by atoms with van der Waals surface area (Å²) in [6.07, 6.45) is 0.775. The predicted molar refractivity (Wildman–Crippen MR) is 80.6 cm³/mol. The molecule has 1 aromatic carbocycles. The van der Waals surface area contributed by atoms with Gasteiger partial charge in [-0.3, -0.25) is 14.5 Å². The summed E-state index contributed by atoms with van der Waals surface area (Å²) in [7, 11) is 0. The van der Waals surface area contributed by atoms with E-state index in [2.05, 4.69) is 0 Å². The summed E-state index contributed by atoms with van der Waals surface area (Å²) in [4.78, 5) is 27.1. The second kappa shape index (κ2) is 6.91. The summed E-state index contributed by atoms with van der Waals surface area (Å²) >= 11 is 5.82. The highest BCUT2D eigenvalue weighted by Crippen LogP contribution is 2.14. The van der Waals surface area contributed by atoms with E-state index in [4.69, 9.17) is 16.7 Å². The molecule has 1 aliphatic heterocycles. The smallest absolute Gasteiger partial charge is 0.320 e. The number of benzene rings is 1. The van der Waals surface area contributed by atoms with Crippen LogP contribution in [0.15, 0.2) is 24.3 Å². The first-order valence-corrected chi connectivity index (χ1v) is 7.38. The van der Waals surface area contributed by atoms with Gasteiger partial charge in [0.25, 0.3) is 5.91 Å². The Morgan fingerprint density at radius 3 is 2.43 bits per heavy atom. The Labute approximate surface area is 129 Å². The lowest BCUT2D eigenvalue weighted by atomic mass is 10.2. The van der Waals surface area contributed by atoms with Gasteiger partial charge in [0, 0.05) is 36.8 Å². The number of aliphatic carboxylic acids is 1. The molecule has 0 radical (unpaired) electrons. The topological polar surface area (TPSA) is 60.9 Å². The first kappa shape index (κ1) is 15.8. The van der Waals surface area contributed by atoms with Gasteiger partial charge < -0.3 is 10.0 Å². The van der Waals surface area contributed by atoms with Gasteiger partial charge in [-0.2, -0.15) is 0 Å². The summed E-state index contributed by atoms with van der Waals surface area (Å²) in [5.41, 5.74) is 0.610. The van der Waals surface area contributed by atoms with E-state index in [1.54, 1.807) is 36.1 Å². The molecule has 0 aromatic heterocycles. The molecule has 0 spiro atoms. The second-order valence-electron chi connectivity index (χ2n) is 5.20. The number of halogens is 1. The number of carbonyl (C=O) groups is 2. The van der Waals surface area contributed by atoms with Crippen molar-refractivity contribution in [2.75, 3.05) is 26.2 Å². The van der Waals surface area contributed by atoms with Crippen LogP contribution in [-0.4, -0.2) is 59.0 Å². The van der Waals surface area contributed by atoms with Gasteiger partial charge in [0.15, 0.2) is 0 Å². The summed E-state index contributed by atoms with van der Waals surface area (Å²) in [5, 5.41) is 9.67. The molecular weight excluding hydrogens is 292 g/mol.